The van der Waals surface area contributed by atoms with Crippen LogP contribution in [0.4, 0.5) is 0 Å². The maximum atomic E-state index is 6.03. The molecule has 0 bridgehead atoms. The molecule has 1 nitrogen and oxygen atoms in total. The van der Waals surface area contributed by atoms with E-state index in [0.717, 1.165) is 10.8 Å². The van der Waals surface area contributed by atoms with Crippen LogP contribution in [0.3, 0.4) is 0 Å². The Morgan fingerprint density at radius 1 is 1.27 bits per heavy atom. The van der Waals surface area contributed by atoms with Crippen LogP contribution >= 0.6 is 22.6 Å². The minimum Gasteiger partial charge on any atom is -0.368 e. The first-order chi connectivity index (χ1) is 5.04. The second kappa shape index (κ2) is 3.21. The Labute approximate surface area is 83.0 Å². The van der Waals surface area contributed by atoms with Gasteiger partial charge in [0.15, 0.2) is 0 Å². The molecule has 0 aromatic rings. The molecule has 0 spiro atoms. The third-order valence-electron chi connectivity index (χ3n) is 2.71. The van der Waals surface area contributed by atoms with Crippen molar-refractivity contribution >= 4 is 22.6 Å². The molecule has 1 aliphatic heterocycles. The Morgan fingerprint density at radius 2 is 1.82 bits per heavy atom. The molecule has 66 valence electrons. The predicted octanol–water partition coefficient (Wildman–Crippen LogP) is 3.16. The normalized spacial score (nSPS) is 44.7. The smallest absolute Gasteiger partial charge is 0.0752 e. The molecule has 2 atom stereocenters. The third-order valence-corrected chi connectivity index (χ3v) is 4.32. The zero-order valence-corrected chi connectivity index (χ0v) is 9.77. The highest BCUT2D eigenvalue weighted by Gasteiger charge is 2.41. The Kier molecular flexibility index (Phi) is 2.85. The van der Waals surface area contributed by atoms with Crippen LogP contribution in [0.1, 0.15) is 40.0 Å². The van der Waals surface area contributed by atoms with Crippen LogP contribution in [0.2, 0.25) is 0 Å². The molecule has 0 aliphatic carbocycles. The number of halogens is 1. The molecular formula is C9H17IO. The summed E-state index contributed by atoms with van der Waals surface area (Å²) in [5.74, 6) is 0. The van der Waals surface area contributed by atoms with E-state index in [0.29, 0.717) is 0 Å². The van der Waals surface area contributed by atoms with Gasteiger partial charge in [-0.05, 0) is 33.1 Å². The number of hydrogen-bond donors (Lipinski definition) is 0. The highest BCUT2D eigenvalue weighted by atomic mass is 127. The fourth-order valence-electron chi connectivity index (χ4n) is 1.57. The van der Waals surface area contributed by atoms with E-state index in [1.165, 1.54) is 12.8 Å². The first-order valence-electron chi connectivity index (χ1n) is 4.30. The quantitative estimate of drug-likeness (QED) is 0.552. The molecule has 0 radical (unpaired) electrons. The number of hydrogen-bond acceptors (Lipinski definition) is 1. The van der Waals surface area contributed by atoms with Crippen LogP contribution in [-0.4, -0.2) is 15.6 Å². The molecule has 1 rings (SSSR count). The summed E-state index contributed by atoms with van der Waals surface area (Å²) >= 11 is 2.41. The van der Waals surface area contributed by atoms with Crippen molar-refractivity contribution in [3.05, 3.63) is 0 Å². The lowest BCUT2D eigenvalue weighted by atomic mass is 9.97. The monoisotopic (exact) mass is 268 g/mol. The molecule has 1 saturated heterocycles. The van der Waals surface area contributed by atoms with Gasteiger partial charge in [0.25, 0.3) is 0 Å². The SMILES string of the molecule is CCC1(C)CCC(C)(CI)O1. The molecule has 1 heterocycles. The van der Waals surface area contributed by atoms with Gasteiger partial charge in [0.05, 0.1) is 11.2 Å². The van der Waals surface area contributed by atoms with Crippen molar-refractivity contribution in [2.24, 2.45) is 0 Å². The lowest BCUT2D eigenvalue weighted by Gasteiger charge is -2.28. The Bertz CT molecular complexity index is 132. The van der Waals surface area contributed by atoms with Crippen LogP contribution in [0.25, 0.3) is 0 Å². The van der Waals surface area contributed by atoms with Crippen LogP contribution in [0, 0.1) is 0 Å². The van der Waals surface area contributed by atoms with Gasteiger partial charge in [0, 0.05) is 4.43 Å². The summed E-state index contributed by atoms with van der Waals surface area (Å²) in [6.45, 7) is 6.66. The van der Waals surface area contributed by atoms with E-state index in [2.05, 4.69) is 43.4 Å². The number of rotatable bonds is 2. The minimum absolute atomic E-state index is 0.158. The van der Waals surface area contributed by atoms with Gasteiger partial charge in [-0.25, -0.2) is 0 Å². The van der Waals surface area contributed by atoms with E-state index in [9.17, 15) is 0 Å². The Morgan fingerprint density at radius 3 is 2.09 bits per heavy atom. The fourth-order valence-corrected chi connectivity index (χ4v) is 2.11. The summed E-state index contributed by atoms with van der Waals surface area (Å²) in [6.07, 6.45) is 3.59. The molecule has 1 aliphatic rings. The third kappa shape index (κ3) is 2.08. The second-order valence-electron chi connectivity index (χ2n) is 3.99. The van der Waals surface area contributed by atoms with Gasteiger partial charge in [-0.3, -0.25) is 0 Å². The highest BCUT2D eigenvalue weighted by molar-refractivity contribution is 14.1. The van der Waals surface area contributed by atoms with Crippen molar-refractivity contribution in [1.29, 1.82) is 0 Å². The summed E-state index contributed by atoms with van der Waals surface area (Å²) in [5, 5.41) is 0. The largest absolute Gasteiger partial charge is 0.368 e. The molecule has 2 unspecified atom stereocenters. The summed E-state index contributed by atoms with van der Waals surface area (Å²) in [7, 11) is 0. The summed E-state index contributed by atoms with van der Waals surface area (Å²) in [5.41, 5.74) is 0.325. The average Bonchev–Trinajstić information content (AvgIpc) is 2.30. The van der Waals surface area contributed by atoms with Crippen molar-refractivity contribution in [2.75, 3.05) is 4.43 Å². The van der Waals surface area contributed by atoms with Crippen molar-refractivity contribution < 1.29 is 4.74 Å². The molecule has 0 aromatic carbocycles. The zero-order chi connectivity index (χ0) is 8.54. The van der Waals surface area contributed by atoms with Crippen molar-refractivity contribution in [2.45, 2.75) is 51.2 Å². The second-order valence-corrected chi connectivity index (χ2v) is 4.75. The van der Waals surface area contributed by atoms with E-state index >= 15 is 0 Å². The van der Waals surface area contributed by atoms with Crippen LogP contribution in [0.5, 0.6) is 0 Å². The van der Waals surface area contributed by atoms with Gasteiger partial charge < -0.3 is 4.74 Å². The van der Waals surface area contributed by atoms with Crippen molar-refractivity contribution in [3.63, 3.8) is 0 Å². The topological polar surface area (TPSA) is 9.23 Å². The fraction of sp³-hybridized carbons (Fsp3) is 1.00. The molecule has 0 saturated carbocycles. The summed E-state index contributed by atoms with van der Waals surface area (Å²) in [4.78, 5) is 0. The molecule has 0 N–H and O–H groups in total. The van der Waals surface area contributed by atoms with Crippen LogP contribution in [-0.2, 0) is 4.74 Å². The van der Waals surface area contributed by atoms with E-state index < -0.39 is 0 Å². The predicted molar refractivity (Wildman–Crippen MR) is 56.3 cm³/mol. The molecular weight excluding hydrogens is 251 g/mol. The van der Waals surface area contributed by atoms with E-state index in [-0.39, 0.29) is 11.2 Å². The average molecular weight is 268 g/mol. The first-order valence-corrected chi connectivity index (χ1v) is 5.82. The standard InChI is InChI=1S/C9H17IO/c1-4-8(2)5-6-9(3,7-10)11-8/h4-7H2,1-3H3. The Hall–Kier alpha value is 0.690. The first kappa shape index (κ1) is 9.78. The van der Waals surface area contributed by atoms with Crippen LogP contribution < -0.4 is 0 Å². The lowest BCUT2D eigenvalue weighted by molar-refractivity contribution is -0.0725. The van der Waals surface area contributed by atoms with Gasteiger partial charge >= 0.3 is 0 Å². The van der Waals surface area contributed by atoms with Gasteiger partial charge in [-0.1, -0.05) is 29.5 Å². The molecule has 0 amide bonds. The van der Waals surface area contributed by atoms with Gasteiger partial charge in [-0.2, -0.15) is 0 Å². The molecule has 1 fully saturated rings. The molecule has 11 heavy (non-hydrogen) atoms. The molecule has 2 heteroatoms. The minimum atomic E-state index is 0.158. The van der Waals surface area contributed by atoms with E-state index in [1.54, 1.807) is 0 Å². The zero-order valence-electron chi connectivity index (χ0n) is 7.61. The number of ether oxygens (including phenoxy) is 1. The lowest BCUT2D eigenvalue weighted by Crippen LogP contribution is -2.31. The highest BCUT2D eigenvalue weighted by Crippen LogP contribution is 2.40. The van der Waals surface area contributed by atoms with Gasteiger partial charge in [-0.15, -0.1) is 0 Å². The maximum Gasteiger partial charge on any atom is 0.0752 e. The van der Waals surface area contributed by atoms with Crippen molar-refractivity contribution in [3.8, 4) is 0 Å². The molecule has 0 aromatic heterocycles. The summed E-state index contributed by atoms with van der Waals surface area (Å²) in [6, 6.07) is 0. The Balaban J connectivity index is 2.58. The van der Waals surface area contributed by atoms with Gasteiger partial charge in [0.1, 0.15) is 0 Å². The van der Waals surface area contributed by atoms with E-state index in [1.807, 2.05) is 0 Å². The van der Waals surface area contributed by atoms with E-state index in [4.69, 9.17) is 4.74 Å². The summed E-state index contributed by atoms with van der Waals surface area (Å²) < 4.78 is 7.14. The number of alkyl halides is 1. The maximum absolute atomic E-state index is 6.03. The van der Waals surface area contributed by atoms with Crippen molar-refractivity contribution in [1.82, 2.24) is 0 Å². The van der Waals surface area contributed by atoms with Gasteiger partial charge in [0.2, 0.25) is 0 Å². The van der Waals surface area contributed by atoms with Crippen LogP contribution in [0.15, 0.2) is 0 Å².